The fourth-order valence-electron chi connectivity index (χ4n) is 1.65. The Morgan fingerprint density at radius 2 is 2.22 bits per heavy atom. The Kier molecular flexibility index (Phi) is 4.28. The molecule has 1 aromatic carbocycles. The molecule has 3 nitrogen and oxygen atoms in total. The monoisotopic (exact) mass is 266 g/mol. The largest absolute Gasteiger partial charge is 0.487 e. The van der Waals surface area contributed by atoms with Crippen LogP contribution in [0.5, 0.6) is 5.75 Å². The summed E-state index contributed by atoms with van der Waals surface area (Å²) in [5.74, 6) is 0.217. The van der Waals surface area contributed by atoms with E-state index in [1.807, 2.05) is 18.4 Å². The van der Waals surface area contributed by atoms with Crippen molar-refractivity contribution in [3.05, 3.63) is 45.7 Å². The average Bonchev–Trinajstić information content (AvgIpc) is 2.72. The van der Waals surface area contributed by atoms with E-state index in [1.54, 1.807) is 11.3 Å². The summed E-state index contributed by atoms with van der Waals surface area (Å²) in [5, 5.41) is 2.94. The number of ether oxygens (including phenoxy) is 1. The number of halogens is 1. The maximum atomic E-state index is 13.3. The Balaban J connectivity index is 2.04. The zero-order valence-corrected chi connectivity index (χ0v) is 11.0. The first kappa shape index (κ1) is 13.0. The molecule has 18 heavy (non-hydrogen) atoms. The third-order valence-electron chi connectivity index (χ3n) is 2.42. The van der Waals surface area contributed by atoms with Gasteiger partial charge in [-0.2, -0.15) is 0 Å². The molecule has 0 spiro atoms. The molecule has 0 aliphatic rings. The summed E-state index contributed by atoms with van der Waals surface area (Å²) >= 11 is 1.57. The van der Waals surface area contributed by atoms with E-state index in [4.69, 9.17) is 10.5 Å². The summed E-state index contributed by atoms with van der Waals surface area (Å²) in [6, 6.07) is 4.67. The Morgan fingerprint density at radius 3 is 2.89 bits per heavy atom. The molecule has 0 aliphatic heterocycles. The fourth-order valence-corrected chi connectivity index (χ4v) is 2.24. The number of rotatable bonds is 5. The van der Waals surface area contributed by atoms with E-state index in [1.165, 1.54) is 12.1 Å². The fraction of sp³-hybridized carbons (Fsp3) is 0.308. The van der Waals surface area contributed by atoms with Gasteiger partial charge >= 0.3 is 0 Å². The van der Waals surface area contributed by atoms with Crippen molar-refractivity contribution in [3.8, 4) is 5.75 Å². The van der Waals surface area contributed by atoms with Crippen molar-refractivity contribution in [2.45, 2.75) is 20.0 Å². The maximum Gasteiger partial charge on any atom is 0.131 e. The zero-order valence-electron chi connectivity index (χ0n) is 10.1. The molecule has 1 aromatic heterocycles. The van der Waals surface area contributed by atoms with Gasteiger partial charge < -0.3 is 10.5 Å². The van der Waals surface area contributed by atoms with Gasteiger partial charge in [-0.3, -0.25) is 0 Å². The lowest BCUT2D eigenvalue weighted by atomic mass is 10.1. The second-order valence-corrected chi connectivity index (χ2v) is 5.04. The molecule has 0 radical (unpaired) electrons. The van der Waals surface area contributed by atoms with E-state index in [0.717, 1.165) is 16.3 Å². The molecule has 0 amide bonds. The minimum absolute atomic E-state index is 0.301. The van der Waals surface area contributed by atoms with Gasteiger partial charge in [0.1, 0.15) is 18.2 Å². The number of aromatic nitrogens is 1. The molecule has 0 unspecified atom stereocenters. The number of hydrogen-bond acceptors (Lipinski definition) is 4. The Bertz CT molecular complexity index is 527. The second-order valence-electron chi connectivity index (χ2n) is 3.98. The standard InChI is InChI=1S/C13H15FN2OS/c1-9-16-12(8-18-9)7-17-13-5-10(2-3-15)4-11(14)6-13/h4-6,8H,2-3,7,15H2,1H3. The quantitative estimate of drug-likeness (QED) is 0.905. The molecule has 2 aromatic rings. The van der Waals surface area contributed by atoms with Gasteiger partial charge in [-0.05, 0) is 37.6 Å². The van der Waals surface area contributed by atoms with E-state index in [9.17, 15) is 4.39 Å². The molecule has 2 rings (SSSR count). The third kappa shape index (κ3) is 3.51. The van der Waals surface area contributed by atoms with E-state index in [2.05, 4.69) is 4.98 Å². The van der Waals surface area contributed by atoms with Crippen LogP contribution in [0.15, 0.2) is 23.6 Å². The highest BCUT2D eigenvalue weighted by molar-refractivity contribution is 7.09. The van der Waals surface area contributed by atoms with Crippen molar-refractivity contribution in [1.29, 1.82) is 0 Å². The van der Waals surface area contributed by atoms with Gasteiger partial charge in [-0.15, -0.1) is 11.3 Å². The smallest absolute Gasteiger partial charge is 0.131 e. The summed E-state index contributed by atoms with van der Waals surface area (Å²) in [6.07, 6.45) is 0.643. The normalized spacial score (nSPS) is 10.6. The number of nitrogens with two attached hydrogens (primary N) is 1. The van der Waals surface area contributed by atoms with Crippen molar-refractivity contribution < 1.29 is 9.13 Å². The number of thiazole rings is 1. The van der Waals surface area contributed by atoms with E-state index >= 15 is 0 Å². The summed E-state index contributed by atoms with van der Waals surface area (Å²) in [6.45, 7) is 2.79. The Morgan fingerprint density at radius 1 is 1.39 bits per heavy atom. The summed E-state index contributed by atoms with van der Waals surface area (Å²) < 4.78 is 18.9. The number of aryl methyl sites for hydroxylation is 1. The van der Waals surface area contributed by atoms with Crippen molar-refractivity contribution >= 4 is 11.3 Å². The van der Waals surface area contributed by atoms with Crippen LogP contribution < -0.4 is 10.5 Å². The predicted octanol–water partition coefficient (Wildman–Crippen LogP) is 2.67. The molecule has 0 aliphatic carbocycles. The molecule has 0 fully saturated rings. The highest BCUT2D eigenvalue weighted by Crippen LogP contribution is 2.18. The van der Waals surface area contributed by atoms with Crippen LogP contribution in [0, 0.1) is 12.7 Å². The second kappa shape index (κ2) is 5.93. The van der Waals surface area contributed by atoms with Gasteiger partial charge in [-0.1, -0.05) is 0 Å². The lowest BCUT2D eigenvalue weighted by Crippen LogP contribution is -2.04. The van der Waals surface area contributed by atoms with Crippen LogP contribution >= 0.6 is 11.3 Å². The lowest BCUT2D eigenvalue weighted by molar-refractivity contribution is 0.300. The van der Waals surface area contributed by atoms with Crippen molar-refractivity contribution in [2.75, 3.05) is 6.54 Å². The van der Waals surface area contributed by atoms with Crippen LogP contribution in [0.1, 0.15) is 16.3 Å². The summed E-state index contributed by atoms with van der Waals surface area (Å²) in [5.41, 5.74) is 7.17. The minimum atomic E-state index is -0.301. The molecule has 0 saturated heterocycles. The maximum absolute atomic E-state index is 13.3. The Labute approximate surface area is 109 Å². The van der Waals surface area contributed by atoms with Gasteiger partial charge in [0.2, 0.25) is 0 Å². The topological polar surface area (TPSA) is 48.1 Å². The predicted molar refractivity (Wildman–Crippen MR) is 70.3 cm³/mol. The first-order chi connectivity index (χ1) is 8.67. The van der Waals surface area contributed by atoms with Gasteiger partial charge in [-0.25, -0.2) is 9.37 Å². The first-order valence-corrected chi connectivity index (χ1v) is 6.58. The lowest BCUT2D eigenvalue weighted by Gasteiger charge is -2.07. The highest BCUT2D eigenvalue weighted by atomic mass is 32.1. The van der Waals surface area contributed by atoms with E-state index in [-0.39, 0.29) is 5.82 Å². The molecule has 0 saturated carbocycles. The minimum Gasteiger partial charge on any atom is -0.487 e. The van der Waals surface area contributed by atoms with Crippen LogP contribution in [0.4, 0.5) is 4.39 Å². The summed E-state index contributed by atoms with van der Waals surface area (Å²) in [7, 11) is 0. The number of hydrogen-bond donors (Lipinski definition) is 1. The number of benzene rings is 1. The molecule has 96 valence electrons. The molecular weight excluding hydrogens is 251 g/mol. The number of nitrogens with zero attached hydrogens (tertiary/aromatic N) is 1. The molecule has 2 N–H and O–H groups in total. The van der Waals surface area contributed by atoms with Crippen LogP contribution in [-0.2, 0) is 13.0 Å². The van der Waals surface area contributed by atoms with E-state index < -0.39 is 0 Å². The van der Waals surface area contributed by atoms with Gasteiger partial charge in [0.15, 0.2) is 0 Å². The molecule has 5 heteroatoms. The van der Waals surface area contributed by atoms with Gasteiger partial charge in [0, 0.05) is 11.4 Å². The highest BCUT2D eigenvalue weighted by Gasteiger charge is 2.04. The third-order valence-corrected chi connectivity index (χ3v) is 3.24. The van der Waals surface area contributed by atoms with Crippen molar-refractivity contribution in [2.24, 2.45) is 5.73 Å². The Hall–Kier alpha value is -1.46. The average molecular weight is 266 g/mol. The van der Waals surface area contributed by atoms with Crippen LogP contribution in [-0.4, -0.2) is 11.5 Å². The zero-order chi connectivity index (χ0) is 13.0. The van der Waals surface area contributed by atoms with Gasteiger partial charge in [0.25, 0.3) is 0 Å². The van der Waals surface area contributed by atoms with Crippen molar-refractivity contribution in [1.82, 2.24) is 4.98 Å². The SMILES string of the molecule is Cc1nc(COc2cc(F)cc(CCN)c2)cs1. The molecule has 0 bridgehead atoms. The van der Waals surface area contributed by atoms with Crippen LogP contribution in [0.3, 0.4) is 0 Å². The van der Waals surface area contributed by atoms with Crippen LogP contribution in [0.25, 0.3) is 0 Å². The van der Waals surface area contributed by atoms with Gasteiger partial charge in [0.05, 0.1) is 10.7 Å². The molecule has 1 heterocycles. The van der Waals surface area contributed by atoms with Crippen molar-refractivity contribution in [3.63, 3.8) is 0 Å². The first-order valence-electron chi connectivity index (χ1n) is 5.70. The molecule has 0 atom stereocenters. The van der Waals surface area contributed by atoms with Crippen LogP contribution in [0.2, 0.25) is 0 Å². The summed E-state index contributed by atoms with van der Waals surface area (Å²) in [4.78, 5) is 4.29. The van der Waals surface area contributed by atoms with E-state index in [0.29, 0.717) is 25.3 Å². The molecular formula is C13H15FN2OS.